The number of unbranched alkanes of at least 4 members (excludes halogenated alkanes) is 4. The first kappa shape index (κ1) is 34.9. The summed E-state index contributed by atoms with van der Waals surface area (Å²) in [5, 5.41) is 6.86. The van der Waals surface area contributed by atoms with Gasteiger partial charge in [-0.2, -0.15) is 0 Å². The van der Waals surface area contributed by atoms with E-state index in [9.17, 15) is 19.2 Å². The van der Waals surface area contributed by atoms with Crippen molar-refractivity contribution in [3.05, 3.63) is 64.7 Å². The Hall–Kier alpha value is -4.52. The van der Waals surface area contributed by atoms with Crippen LogP contribution in [0.2, 0.25) is 0 Å². The number of hydrogen-bond donors (Lipinski definition) is 0. The molecule has 2 aliphatic heterocycles. The fourth-order valence-electron chi connectivity index (χ4n) is 8.96. The molecule has 7 rings (SSSR count). The molecule has 7 nitrogen and oxygen atoms in total. The van der Waals surface area contributed by atoms with Crippen LogP contribution in [-0.2, 0) is 0 Å². The smallest absolute Gasteiger partial charge is 0.261 e. The zero-order valence-electron chi connectivity index (χ0n) is 31.2. The van der Waals surface area contributed by atoms with E-state index in [1.807, 2.05) is 61.5 Å². The Labute approximate surface area is 301 Å². The molecule has 0 unspecified atom stereocenters. The third kappa shape index (κ3) is 5.37. The maximum atomic E-state index is 14.6. The fourth-order valence-corrected chi connectivity index (χ4v) is 8.96. The lowest BCUT2D eigenvalue weighted by Crippen LogP contribution is -2.47. The Morgan fingerprint density at radius 1 is 0.471 bits per heavy atom. The molecular formula is C44H51N3O4. The van der Waals surface area contributed by atoms with Crippen LogP contribution in [0, 0.1) is 0 Å². The van der Waals surface area contributed by atoms with Gasteiger partial charge < -0.3 is 4.90 Å². The van der Waals surface area contributed by atoms with Crippen molar-refractivity contribution in [1.29, 1.82) is 0 Å². The summed E-state index contributed by atoms with van der Waals surface area (Å²) >= 11 is 0. The van der Waals surface area contributed by atoms with Crippen molar-refractivity contribution in [1.82, 2.24) is 9.80 Å². The first-order valence-electron chi connectivity index (χ1n) is 19.4. The van der Waals surface area contributed by atoms with Crippen molar-refractivity contribution in [2.75, 3.05) is 19.0 Å². The van der Waals surface area contributed by atoms with E-state index in [4.69, 9.17) is 0 Å². The van der Waals surface area contributed by atoms with Crippen LogP contribution in [0.5, 0.6) is 0 Å². The number of hydrogen-bond acceptors (Lipinski definition) is 5. The highest BCUT2D eigenvalue weighted by atomic mass is 16.2. The van der Waals surface area contributed by atoms with Crippen molar-refractivity contribution in [3.63, 3.8) is 0 Å². The van der Waals surface area contributed by atoms with Gasteiger partial charge in [0, 0.05) is 70.1 Å². The lowest BCUT2D eigenvalue weighted by Gasteiger charge is -2.36. The van der Waals surface area contributed by atoms with E-state index >= 15 is 0 Å². The molecule has 0 radical (unpaired) electrons. The zero-order chi connectivity index (χ0) is 36.1. The number of benzene rings is 5. The first-order valence-corrected chi connectivity index (χ1v) is 19.4. The molecule has 0 atom stereocenters. The van der Waals surface area contributed by atoms with Crippen LogP contribution in [0.3, 0.4) is 0 Å². The molecule has 0 aliphatic carbocycles. The van der Waals surface area contributed by atoms with E-state index in [-0.39, 0.29) is 35.7 Å². The molecule has 0 saturated heterocycles. The number of carbonyl (C=O) groups excluding carboxylic acids is 4. The SMILES string of the molecule is CCCCC(CCCC)N1C(=O)c2ccc3c4ccc5c6c(cc(N(C)C)c(c7ccc(c2c37)C1=O)c64)C(=O)N(C(CCCC)CCCC)C5=O. The summed E-state index contributed by atoms with van der Waals surface area (Å²) in [5.41, 5.74) is 3.13. The highest BCUT2D eigenvalue weighted by Gasteiger charge is 2.41. The molecule has 0 bridgehead atoms. The van der Waals surface area contributed by atoms with Gasteiger partial charge in [0.15, 0.2) is 0 Å². The van der Waals surface area contributed by atoms with Gasteiger partial charge >= 0.3 is 0 Å². The monoisotopic (exact) mass is 685 g/mol. The number of carbonyl (C=O) groups is 4. The summed E-state index contributed by atoms with van der Waals surface area (Å²) in [4.78, 5) is 62.8. The fraction of sp³-hybridized carbons (Fsp3) is 0.455. The average Bonchev–Trinajstić information content (AvgIpc) is 3.13. The Bertz CT molecular complexity index is 2160. The van der Waals surface area contributed by atoms with Crippen molar-refractivity contribution in [3.8, 4) is 0 Å². The number of rotatable bonds is 15. The molecule has 0 aromatic heterocycles. The zero-order valence-corrected chi connectivity index (χ0v) is 31.2. The Kier molecular flexibility index (Phi) is 9.51. The van der Waals surface area contributed by atoms with Crippen LogP contribution in [0.25, 0.3) is 43.1 Å². The number of nitrogens with zero attached hydrogens (tertiary/aromatic N) is 3. The quantitative estimate of drug-likeness (QED) is 0.0623. The van der Waals surface area contributed by atoms with Gasteiger partial charge in [0.05, 0.1) is 5.56 Å². The van der Waals surface area contributed by atoms with Crippen LogP contribution >= 0.6 is 0 Å². The molecule has 51 heavy (non-hydrogen) atoms. The third-order valence-corrected chi connectivity index (χ3v) is 11.6. The second-order valence-electron chi connectivity index (χ2n) is 15.0. The van der Waals surface area contributed by atoms with Crippen LogP contribution in [0.1, 0.15) is 146 Å². The van der Waals surface area contributed by atoms with Gasteiger partial charge in [-0.25, -0.2) is 0 Å². The van der Waals surface area contributed by atoms with Gasteiger partial charge in [-0.15, -0.1) is 0 Å². The largest absolute Gasteiger partial charge is 0.377 e. The van der Waals surface area contributed by atoms with Gasteiger partial charge in [-0.1, -0.05) is 97.3 Å². The summed E-state index contributed by atoms with van der Waals surface area (Å²) in [7, 11) is 3.96. The second kappa shape index (κ2) is 13.9. The van der Waals surface area contributed by atoms with E-state index in [0.717, 1.165) is 115 Å². The molecule has 4 amide bonds. The van der Waals surface area contributed by atoms with E-state index in [2.05, 4.69) is 27.7 Å². The maximum Gasteiger partial charge on any atom is 0.261 e. The molecule has 266 valence electrons. The van der Waals surface area contributed by atoms with Crippen LogP contribution in [-0.4, -0.2) is 59.6 Å². The molecule has 0 N–H and O–H groups in total. The van der Waals surface area contributed by atoms with Gasteiger partial charge in [-0.3, -0.25) is 29.0 Å². The van der Waals surface area contributed by atoms with Crippen molar-refractivity contribution < 1.29 is 19.2 Å². The van der Waals surface area contributed by atoms with Crippen LogP contribution in [0.4, 0.5) is 5.69 Å². The highest BCUT2D eigenvalue weighted by Crippen LogP contribution is 2.49. The van der Waals surface area contributed by atoms with Crippen LogP contribution < -0.4 is 4.90 Å². The maximum absolute atomic E-state index is 14.6. The first-order chi connectivity index (χ1) is 24.7. The third-order valence-electron chi connectivity index (χ3n) is 11.6. The highest BCUT2D eigenvalue weighted by molar-refractivity contribution is 6.42. The number of anilines is 1. The van der Waals surface area contributed by atoms with Crippen molar-refractivity contribution in [2.45, 2.75) is 117 Å². The number of imide groups is 2. The van der Waals surface area contributed by atoms with Crippen LogP contribution in [0.15, 0.2) is 42.5 Å². The molecule has 0 spiro atoms. The number of fused-ring (bicyclic) bond motifs is 2. The topological polar surface area (TPSA) is 78.0 Å². The summed E-state index contributed by atoms with van der Waals surface area (Å²) in [6, 6.07) is 13.4. The van der Waals surface area contributed by atoms with E-state index in [0.29, 0.717) is 33.0 Å². The minimum absolute atomic E-state index is 0.129. The summed E-state index contributed by atoms with van der Waals surface area (Å²) in [6.45, 7) is 8.57. The lowest BCUT2D eigenvalue weighted by atomic mass is 9.81. The minimum atomic E-state index is -0.218. The van der Waals surface area contributed by atoms with Gasteiger partial charge in [0.25, 0.3) is 23.6 Å². The Morgan fingerprint density at radius 3 is 1.25 bits per heavy atom. The second-order valence-corrected chi connectivity index (χ2v) is 15.0. The predicted molar refractivity (Wildman–Crippen MR) is 209 cm³/mol. The molecular weight excluding hydrogens is 635 g/mol. The normalized spacial score (nSPS) is 14.7. The Balaban J connectivity index is 1.48. The standard InChI is InChI=1S/C44H51N3O4/c1-7-11-15-26(16-12-8-2)46-41(48)31-22-19-28-29-20-23-33-38-34(44(51)47(43(33)50)27(17-13-9-3)18-14-10-4)25-35(45(5)6)39(40(29)38)30-21-24-32(42(46)49)37(31)36(28)30/h19-27H,7-18H2,1-6H3. The number of amides is 4. The van der Waals surface area contributed by atoms with Crippen molar-refractivity contribution >= 4 is 72.4 Å². The molecule has 7 heteroatoms. The minimum Gasteiger partial charge on any atom is -0.377 e. The van der Waals surface area contributed by atoms with E-state index in [1.165, 1.54) is 0 Å². The molecule has 5 aromatic carbocycles. The van der Waals surface area contributed by atoms with Gasteiger partial charge in [0.1, 0.15) is 0 Å². The van der Waals surface area contributed by atoms with E-state index in [1.54, 1.807) is 9.80 Å². The average molecular weight is 686 g/mol. The van der Waals surface area contributed by atoms with E-state index < -0.39 is 0 Å². The summed E-state index contributed by atoms with van der Waals surface area (Å²) < 4.78 is 0. The molecule has 2 aliphatic rings. The molecule has 0 saturated carbocycles. The predicted octanol–water partition coefficient (Wildman–Crippen LogP) is 10.5. The molecule has 5 aromatic rings. The lowest BCUT2D eigenvalue weighted by molar-refractivity contribution is 0.0502. The van der Waals surface area contributed by atoms with Crippen molar-refractivity contribution in [2.24, 2.45) is 0 Å². The molecule has 0 fully saturated rings. The Morgan fingerprint density at radius 2 is 0.843 bits per heavy atom. The van der Waals surface area contributed by atoms with Gasteiger partial charge in [-0.05, 0) is 71.5 Å². The molecule has 2 heterocycles. The summed E-state index contributed by atoms with van der Waals surface area (Å²) in [5.74, 6) is -0.860. The van der Waals surface area contributed by atoms with Gasteiger partial charge in [0.2, 0.25) is 0 Å². The summed E-state index contributed by atoms with van der Waals surface area (Å²) in [6.07, 6.45) is 11.1.